The van der Waals surface area contributed by atoms with E-state index in [2.05, 4.69) is 0 Å². The summed E-state index contributed by atoms with van der Waals surface area (Å²) in [7, 11) is 1.52. The minimum atomic E-state index is -1.08. The monoisotopic (exact) mass is 309 g/mol. The van der Waals surface area contributed by atoms with Crippen LogP contribution in [0.5, 0.6) is 11.5 Å². The van der Waals surface area contributed by atoms with Crippen LogP contribution in [0.1, 0.15) is 5.56 Å². The Kier molecular flexibility index (Phi) is 5.21. The molecule has 0 saturated carbocycles. The minimum absolute atomic E-state index is 0.00503. The van der Waals surface area contributed by atoms with Gasteiger partial charge in [-0.25, -0.2) is 4.79 Å². The highest BCUT2D eigenvalue weighted by Gasteiger charge is 2.32. The molecule has 0 spiro atoms. The molecular weight excluding hydrogens is 290 g/mol. The molecule has 0 radical (unpaired) electrons. The third-order valence-corrected chi connectivity index (χ3v) is 3.40. The zero-order valence-corrected chi connectivity index (χ0v) is 12.6. The number of aliphatic carboxylic acids is 1. The van der Waals surface area contributed by atoms with Crippen LogP contribution in [0.4, 0.5) is 0 Å². The number of hydrogen-bond acceptors (Lipinski definition) is 5. The van der Waals surface area contributed by atoms with Gasteiger partial charge in [0.2, 0.25) is 0 Å². The summed E-state index contributed by atoms with van der Waals surface area (Å²) >= 11 is 0. The molecule has 1 aromatic rings. The second kappa shape index (κ2) is 7.13. The van der Waals surface area contributed by atoms with E-state index in [1.54, 1.807) is 12.1 Å². The molecule has 7 nitrogen and oxygen atoms in total. The molecular formula is C15H19NO6. The van der Waals surface area contributed by atoms with E-state index in [9.17, 15) is 9.59 Å². The Morgan fingerprint density at radius 3 is 2.86 bits per heavy atom. The number of methoxy groups -OCH3 is 1. The molecule has 1 aliphatic rings. The van der Waals surface area contributed by atoms with Gasteiger partial charge in [-0.15, -0.1) is 0 Å². The first-order chi connectivity index (χ1) is 10.5. The third kappa shape index (κ3) is 3.67. The highest BCUT2D eigenvalue weighted by molar-refractivity contribution is 5.84. The zero-order chi connectivity index (χ0) is 16.1. The predicted octanol–water partition coefficient (Wildman–Crippen LogP) is 0.694. The Hall–Kier alpha value is -2.28. The Morgan fingerprint density at radius 2 is 2.18 bits per heavy atom. The number of morpholine rings is 1. The molecule has 0 aliphatic carbocycles. The molecule has 1 fully saturated rings. The van der Waals surface area contributed by atoms with Crippen LogP contribution in [0.25, 0.3) is 0 Å². The molecule has 1 saturated heterocycles. The summed E-state index contributed by atoms with van der Waals surface area (Å²) in [6, 6.07) is 4.39. The Balaban J connectivity index is 2.01. The van der Waals surface area contributed by atoms with Crippen molar-refractivity contribution in [3.05, 3.63) is 23.8 Å². The lowest BCUT2D eigenvalue weighted by atomic mass is 10.2. The molecule has 1 heterocycles. The van der Waals surface area contributed by atoms with E-state index in [-0.39, 0.29) is 19.8 Å². The van der Waals surface area contributed by atoms with Crippen LogP contribution in [0.2, 0.25) is 0 Å². The highest BCUT2D eigenvalue weighted by atomic mass is 16.5. The predicted molar refractivity (Wildman–Crippen MR) is 77.2 cm³/mol. The standard InChI is InChI=1S/C15H19NO6/c1-10-3-4-12(13(7-10)20-2)22-9-14(17)16-5-6-21-8-11(16)15(18)19/h3-4,7,11H,5-6,8-9H2,1-2H3,(H,18,19)/t11-/m0/s1. The molecule has 1 atom stereocenters. The maximum absolute atomic E-state index is 12.2. The van der Waals surface area contributed by atoms with Gasteiger partial charge in [-0.05, 0) is 24.6 Å². The number of nitrogens with zero attached hydrogens (tertiary/aromatic N) is 1. The van der Waals surface area contributed by atoms with Gasteiger partial charge in [0.25, 0.3) is 5.91 Å². The maximum Gasteiger partial charge on any atom is 0.328 e. The normalized spacial score (nSPS) is 17.9. The van der Waals surface area contributed by atoms with Crippen molar-refractivity contribution >= 4 is 11.9 Å². The summed E-state index contributed by atoms with van der Waals surface area (Å²) in [5.74, 6) is -0.495. The number of carboxylic acid groups (broad SMARTS) is 1. The summed E-state index contributed by atoms with van der Waals surface area (Å²) in [5, 5.41) is 9.12. The fourth-order valence-electron chi connectivity index (χ4n) is 2.22. The highest BCUT2D eigenvalue weighted by Crippen LogP contribution is 2.27. The third-order valence-electron chi connectivity index (χ3n) is 3.40. The molecule has 0 unspecified atom stereocenters. The smallest absolute Gasteiger partial charge is 0.328 e. The van der Waals surface area contributed by atoms with E-state index in [0.717, 1.165) is 5.56 Å². The van der Waals surface area contributed by atoms with Crippen molar-refractivity contribution in [3.8, 4) is 11.5 Å². The topological polar surface area (TPSA) is 85.3 Å². The Morgan fingerprint density at radius 1 is 1.41 bits per heavy atom. The van der Waals surface area contributed by atoms with E-state index in [1.807, 2.05) is 13.0 Å². The Labute approximate surface area is 128 Å². The number of carbonyl (C=O) groups is 2. The average molecular weight is 309 g/mol. The van der Waals surface area contributed by atoms with E-state index >= 15 is 0 Å². The van der Waals surface area contributed by atoms with Gasteiger partial charge in [-0.3, -0.25) is 4.79 Å². The lowest BCUT2D eigenvalue weighted by molar-refractivity contribution is -0.159. The zero-order valence-electron chi connectivity index (χ0n) is 12.6. The van der Waals surface area contributed by atoms with Crippen molar-refractivity contribution in [2.45, 2.75) is 13.0 Å². The number of rotatable bonds is 5. The van der Waals surface area contributed by atoms with Crippen molar-refractivity contribution < 1.29 is 28.9 Å². The first kappa shape index (κ1) is 16.1. The number of carbonyl (C=O) groups excluding carboxylic acids is 1. The molecule has 2 rings (SSSR count). The second-order valence-corrected chi connectivity index (χ2v) is 4.96. The molecule has 1 N–H and O–H groups in total. The molecule has 120 valence electrons. The molecule has 1 aromatic carbocycles. The summed E-state index contributed by atoms with van der Waals surface area (Å²) < 4.78 is 15.8. The number of ether oxygens (including phenoxy) is 3. The summed E-state index contributed by atoms with van der Waals surface area (Å²) in [6.07, 6.45) is 0. The first-order valence-electron chi connectivity index (χ1n) is 6.90. The number of carboxylic acids is 1. The quantitative estimate of drug-likeness (QED) is 0.861. The summed E-state index contributed by atoms with van der Waals surface area (Å²) in [5.41, 5.74) is 1.01. The average Bonchev–Trinajstić information content (AvgIpc) is 2.53. The van der Waals surface area contributed by atoms with Gasteiger partial charge >= 0.3 is 5.97 Å². The number of hydrogen-bond donors (Lipinski definition) is 1. The van der Waals surface area contributed by atoms with Crippen molar-refractivity contribution in [1.82, 2.24) is 4.90 Å². The Bertz CT molecular complexity index is 559. The largest absolute Gasteiger partial charge is 0.493 e. The fourth-order valence-corrected chi connectivity index (χ4v) is 2.22. The van der Waals surface area contributed by atoms with Gasteiger partial charge in [0.1, 0.15) is 0 Å². The van der Waals surface area contributed by atoms with E-state index in [0.29, 0.717) is 18.1 Å². The van der Waals surface area contributed by atoms with Crippen molar-refractivity contribution in [2.24, 2.45) is 0 Å². The first-order valence-corrected chi connectivity index (χ1v) is 6.90. The SMILES string of the molecule is COc1cc(C)ccc1OCC(=O)N1CCOC[C@H]1C(=O)O. The van der Waals surface area contributed by atoms with Crippen LogP contribution in [0.3, 0.4) is 0 Å². The van der Waals surface area contributed by atoms with E-state index in [4.69, 9.17) is 19.3 Å². The van der Waals surface area contributed by atoms with Gasteiger partial charge in [0, 0.05) is 6.54 Å². The second-order valence-electron chi connectivity index (χ2n) is 4.96. The van der Waals surface area contributed by atoms with E-state index in [1.165, 1.54) is 12.0 Å². The van der Waals surface area contributed by atoms with Crippen LogP contribution in [-0.4, -0.2) is 61.4 Å². The maximum atomic E-state index is 12.2. The molecule has 0 aromatic heterocycles. The summed E-state index contributed by atoms with van der Waals surface area (Å²) in [4.78, 5) is 24.6. The van der Waals surface area contributed by atoms with Crippen LogP contribution in [0, 0.1) is 6.92 Å². The van der Waals surface area contributed by atoms with Gasteiger partial charge in [-0.2, -0.15) is 0 Å². The molecule has 1 amide bonds. The van der Waals surface area contributed by atoms with E-state index < -0.39 is 17.9 Å². The van der Waals surface area contributed by atoms with Gasteiger partial charge in [-0.1, -0.05) is 6.07 Å². The molecule has 1 aliphatic heterocycles. The van der Waals surface area contributed by atoms with Crippen molar-refractivity contribution in [3.63, 3.8) is 0 Å². The number of aryl methyl sites for hydroxylation is 1. The lowest BCUT2D eigenvalue weighted by Crippen LogP contribution is -2.53. The van der Waals surface area contributed by atoms with Gasteiger partial charge in [0.05, 0.1) is 20.3 Å². The van der Waals surface area contributed by atoms with Gasteiger partial charge in [0.15, 0.2) is 24.1 Å². The number of amides is 1. The fraction of sp³-hybridized carbons (Fsp3) is 0.467. The van der Waals surface area contributed by atoms with Crippen molar-refractivity contribution in [1.29, 1.82) is 0 Å². The molecule has 22 heavy (non-hydrogen) atoms. The van der Waals surface area contributed by atoms with Crippen LogP contribution in [0.15, 0.2) is 18.2 Å². The van der Waals surface area contributed by atoms with Crippen LogP contribution in [-0.2, 0) is 14.3 Å². The number of benzene rings is 1. The molecule has 7 heteroatoms. The van der Waals surface area contributed by atoms with Gasteiger partial charge < -0.3 is 24.2 Å². The lowest BCUT2D eigenvalue weighted by Gasteiger charge is -2.32. The van der Waals surface area contributed by atoms with Crippen LogP contribution < -0.4 is 9.47 Å². The van der Waals surface area contributed by atoms with Crippen LogP contribution >= 0.6 is 0 Å². The summed E-state index contributed by atoms with van der Waals surface area (Å²) in [6.45, 7) is 2.23. The van der Waals surface area contributed by atoms with Crippen molar-refractivity contribution in [2.75, 3.05) is 33.5 Å². The minimum Gasteiger partial charge on any atom is -0.493 e. The molecule has 0 bridgehead atoms.